The standard InChI is InChI=1S/C14H18F6O3/c1-21-6-7-22-9-23-12(13(15,16)17,14(18,19)20)11-4-2-10(8-11)3-5-11/h2,4,10H,3,5-9H2,1H3. The molecule has 2 aliphatic rings. The van der Waals surface area contributed by atoms with Gasteiger partial charge in [0.15, 0.2) is 0 Å². The van der Waals surface area contributed by atoms with Crippen molar-refractivity contribution >= 4 is 0 Å². The molecule has 2 aliphatic carbocycles. The van der Waals surface area contributed by atoms with E-state index in [0.29, 0.717) is 0 Å². The van der Waals surface area contributed by atoms with Crippen molar-refractivity contribution in [1.29, 1.82) is 0 Å². The number of halogens is 6. The van der Waals surface area contributed by atoms with E-state index in [-0.39, 0.29) is 38.4 Å². The van der Waals surface area contributed by atoms with Crippen LogP contribution in [0.25, 0.3) is 0 Å². The highest BCUT2D eigenvalue weighted by Crippen LogP contribution is 2.65. The summed E-state index contributed by atoms with van der Waals surface area (Å²) in [6.45, 7) is -1.22. The molecule has 1 saturated carbocycles. The summed E-state index contributed by atoms with van der Waals surface area (Å²) >= 11 is 0. The van der Waals surface area contributed by atoms with Crippen molar-refractivity contribution in [2.45, 2.75) is 37.2 Å². The first-order valence-corrected chi connectivity index (χ1v) is 7.13. The molecule has 23 heavy (non-hydrogen) atoms. The third kappa shape index (κ3) is 2.98. The van der Waals surface area contributed by atoms with Gasteiger partial charge in [-0.1, -0.05) is 12.2 Å². The van der Waals surface area contributed by atoms with Gasteiger partial charge in [0.05, 0.1) is 13.2 Å². The third-order valence-electron chi connectivity index (χ3n) is 4.57. The van der Waals surface area contributed by atoms with Gasteiger partial charge in [0.25, 0.3) is 5.60 Å². The van der Waals surface area contributed by atoms with E-state index in [4.69, 9.17) is 4.74 Å². The van der Waals surface area contributed by atoms with E-state index < -0.39 is 30.2 Å². The van der Waals surface area contributed by atoms with Crippen molar-refractivity contribution in [3.8, 4) is 0 Å². The Balaban J connectivity index is 2.31. The summed E-state index contributed by atoms with van der Waals surface area (Å²) < 4.78 is 95.3. The molecule has 9 heteroatoms. The number of rotatable bonds is 7. The lowest BCUT2D eigenvalue weighted by molar-refractivity contribution is -0.420. The second kappa shape index (κ2) is 6.25. The summed E-state index contributed by atoms with van der Waals surface area (Å²) in [5.41, 5.74) is -6.39. The first-order valence-electron chi connectivity index (χ1n) is 7.13. The van der Waals surface area contributed by atoms with Gasteiger partial charge >= 0.3 is 12.4 Å². The minimum atomic E-state index is -5.61. The first kappa shape index (κ1) is 18.5. The number of fused-ring (bicyclic) bond motifs is 2. The number of ether oxygens (including phenoxy) is 3. The van der Waals surface area contributed by atoms with E-state index >= 15 is 0 Å². The molecule has 0 aromatic rings. The van der Waals surface area contributed by atoms with Crippen LogP contribution in [0.3, 0.4) is 0 Å². The number of hydrogen-bond acceptors (Lipinski definition) is 3. The molecule has 0 saturated heterocycles. The Labute approximate surface area is 129 Å². The fraction of sp³-hybridized carbons (Fsp3) is 0.857. The molecule has 0 spiro atoms. The second-order valence-corrected chi connectivity index (χ2v) is 5.86. The zero-order chi connectivity index (χ0) is 17.4. The molecule has 3 nitrogen and oxygen atoms in total. The molecule has 2 bridgehead atoms. The fourth-order valence-electron chi connectivity index (χ4n) is 3.55. The van der Waals surface area contributed by atoms with Crippen LogP contribution in [-0.2, 0) is 14.2 Å². The molecule has 2 rings (SSSR count). The summed E-state index contributed by atoms with van der Waals surface area (Å²) in [5.74, 6) is -0.267. The van der Waals surface area contributed by atoms with E-state index in [9.17, 15) is 26.3 Å². The average Bonchev–Trinajstić information content (AvgIpc) is 3.01. The third-order valence-corrected chi connectivity index (χ3v) is 4.57. The minimum absolute atomic E-state index is 0.0432. The molecule has 0 radical (unpaired) electrons. The predicted molar refractivity (Wildman–Crippen MR) is 67.5 cm³/mol. The quantitative estimate of drug-likeness (QED) is 0.303. The SMILES string of the molecule is COCCOCOC(C(F)(F)F)(C(F)(F)F)C12C=CC(CC1)C2. The maximum atomic E-state index is 13.6. The zero-order valence-electron chi connectivity index (χ0n) is 12.5. The van der Waals surface area contributed by atoms with Crippen LogP contribution in [0, 0.1) is 11.3 Å². The normalized spacial score (nSPS) is 27.9. The molecule has 0 aromatic heterocycles. The van der Waals surface area contributed by atoms with Crippen LogP contribution >= 0.6 is 0 Å². The molecule has 134 valence electrons. The van der Waals surface area contributed by atoms with E-state index in [1.165, 1.54) is 13.2 Å². The van der Waals surface area contributed by atoms with Gasteiger partial charge in [-0.2, -0.15) is 26.3 Å². The average molecular weight is 348 g/mol. The Hall–Kier alpha value is -0.800. The Morgan fingerprint density at radius 1 is 1.09 bits per heavy atom. The number of methoxy groups -OCH3 is 1. The van der Waals surface area contributed by atoms with Crippen molar-refractivity contribution in [2.75, 3.05) is 27.1 Å². The fourth-order valence-corrected chi connectivity index (χ4v) is 3.55. The van der Waals surface area contributed by atoms with Crippen LogP contribution < -0.4 is 0 Å². The lowest BCUT2D eigenvalue weighted by atomic mass is 9.70. The number of allylic oxidation sites excluding steroid dienone is 1. The minimum Gasteiger partial charge on any atom is -0.382 e. The molecule has 2 unspecified atom stereocenters. The molecule has 0 heterocycles. The Kier molecular flexibility index (Phi) is 5.04. The van der Waals surface area contributed by atoms with Crippen LogP contribution in [0.4, 0.5) is 26.3 Å². The summed E-state index contributed by atoms with van der Waals surface area (Å²) in [7, 11) is 1.33. The predicted octanol–water partition coefficient (Wildman–Crippen LogP) is 3.84. The van der Waals surface area contributed by atoms with E-state index in [2.05, 4.69) is 9.47 Å². The van der Waals surface area contributed by atoms with Gasteiger partial charge in [-0.15, -0.1) is 0 Å². The van der Waals surface area contributed by atoms with Gasteiger partial charge in [0, 0.05) is 12.5 Å². The van der Waals surface area contributed by atoms with Crippen molar-refractivity contribution in [3.63, 3.8) is 0 Å². The lowest BCUT2D eigenvalue weighted by Crippen LogP contribution is -2.67. The van der Waals surface area contributed by atoms with Gasteiger partial charge in [-0.3, -0.25) is 0 Å². The molecule has 2 atom stereocenters. The van der Waals surface area contributed by atoms with E-state index in [0.717, 1.165) is 6.08 Å². The number of alkyl halides is 6. The lowest BCUT2D eigenvalue weighted by Gasteiger charge is -2.47. The zero-order valence-corrected chi connectivity index (χ0v) is 12.5. The van der Waals surface area contributed by atoms with Crippen molar-refractivity contribution in [1.82, 2.24) is 0 Å². The van der Waals surface area contributed by atoms with Crippen molar-refractivity contribution in [2.24, 2.45) is 11.3 Å². The van der Waals surface area contributed by atoms with Crippen LogP contribution in [0.1, 0.15) is 19.3 Å². The monoisotopic (exact) mass is 348 g/mol. The topological polar surface area (TPSA) is 27.7 Å². The van der Waals surface area contributed by atoms with Gasteiger partial charge < -0.3 is 14.2 Å². The Morgan fingerprint density at radius 3 is 2.13 bits per heavy atom. The second-order valence-electron chi connectivity index (χ2n) is 5.86. The van der Waals surface area contributed by atoms with E-state index in [1.54, 1.807) is 0 Å². The summed E-state index contributed by atoms with van der Waals surface area (Å²) in [4.78, 5) is 0. The first-order chi connectivity index (χ1) is 10.6. The maximum Gasteiger partial charge on any atom is 0.427 e. The molecule has 0 amide bonds. The highest BCUT2D eigenvalue weighted by molar-refractivity contribution is 5.26. The molecular weight excluding hydrogens is 330 g/mol. The summed E-state index contributed by atoms with van der Waals surface area (Å²) in [5, 5.41) is 0. The Morgan fingerprint density at radius 2 is 1.74 bits per heavy atom. The number of hydrogen-bond donors (Lipinski definition) is 0. The molecule has 0 N–H and O–H groups in total. The summed E-state index contributed by atoms with van der Waals surface area (Å²) in [6, 6.07) is 0. The van der Waals surface area contributed by atoms with Crippen LogP contribution in [0.5, 0.6) is 0 Å². The van der Waals surface area contributed by atoms with Crippen molar-refractivity contribution in [3.05, 3.63) is 12.2 Å². The van der Waals surface area contributed by atoms with Gasteiger partial charge in [-0.25, -0.2) is 0 Å². The molecule has 1 fully saturated rings. The highest BCUT2D eigenvalue weighted by Gasteiger charge is 2.81. The molecule has 0 aliphatic heterocycles. The molecular formula is C14H18F6O3. The molecule has 0 aromatic carbocycles. The largest absolute Gasteiger partial charge is 0.427 e. The van der Waals surface area contributed by atoms with Crippen LogP contribution in [0.15, 0.2) is 12.2 Å². The van der Waals surface area contributed by atoms with Gasteiger partial charge in [0.1, 0.15) is 6.79 Å². The van der Waals surface area contributed by atoms with Crippen molar-refractivity contribution < 1.29 is 40.6 Å². The summed E-state index contributed by atoms with van der Waals surface area (Å²) in [6.07, 6.45) is -8.92. The Bertz CT molecular complexity index is 431. The van der Waals surface area contributed by atoms with Crippen LogP contribution in [0.2, 0.25) is 0 Å². The van der Waals surface area contributed by atoms with Gasteiger partial charge in [-0.05, 0) is 25.2 Å². The van der Waals surface area contributed by atoms with Gasteiger partial charge in [0.2, 0.25) is 0 Å². The maximum absolute atomic E-state index is 13.6. The van der Waals surface area contributed by atoms with E-state index in [1.807, 2.05) is 0 Å². The van der Waals surface area contributed by atoms with Crippen LogP contribution in [-0.4, -0.2) is 45.1 Å². The highest BCUT2D eigenvalue weighted by atomic mass is 19.4. The smallest absolute Gasteiger partial charge is 0.382 e.